The lowest BCUT2D eigenvalue weighted by Gasteiger charge is -2.49. The van der Waals surface area contributed by atoms with E-state index < -0.39 is 0 Å². The Morgan fingerprint density at radius 2 is 2.19 bits per heavy atom. The quantitative estimate of drug-likeness (QED) is 0.873. The van der Waals surface area contributed by atoms with Crippen molar-refractivity contribution in [1.29, 1.82) is 0 Å². The maximum atomic E-state index is 9.65. The maximum Gasteiger partial charge on any atom is 0.0630 e. The summed E-state index contributed by atoms with van der Waals surface area (Å²) in [5.41, 5.74) is 0.966. The lowest BCUT2D eigenvalue weighted by Crippen LogP contribution is -2.56. The summed E-state index contributed by atoms with van der Waals surface area (Å²) in [6, 6.07) is 6.09. The Morgan fingerprint density at radius 3 is 2.69 bits per heavy atom. The van der Waals surface area contributed by atoms with E-state index in [1.165, 1.54) is 0 Å². The van der Waals surface area contributed by atoms with E-state index in [0.717, 1.165) is 16.6 Å². The molecule has 88 valence electrons. The molecule has 2 nitrogen and oxygen atoms in total. The highest BCUT2D eigenvalue weighted by Gasteiger charge is 2.47. The summed E-state index contributed by atoms with van der Waals surface area (Å²) in [5.74, 6) is 0. The molecule has 1 aromatic rings. The predicted molar refractivity (Wildman–Crippen MR) is 71.0 cm³/mol. The summed E-state index contributed by atoms with van der Waals surface area (Å²) in [7, 11) is 0. The largest absolute Gasteiger partial charge is 0.392 e. The van der Waals surface area contributed by atoms with E-state index in [1.807, 2.05) is 18.2 Å². The third-order valence-electron chi connectivity index (χ3n) is 3.48. The van der Waals surface area contributed by atoms with Gasteiger partial charge in [0.05, 0.1) is 11.1 Å². The molecule has 0 amide bonds. The van der Waals surface area contributed by atoms with Gasteiger partial charge in [0.15, 0.2) is 0 Å². The van der Waals surface area contributed by atoms with Crippen molar-refractivity contribution in [3.63, 3.8) is 0 Å². The monoisotopic (exact) mass is 303 g/mol. The molecule has 0 radical (unpaired) electrons. The zero-order chi connectivity index (χ0) is 11.9. The molecule has 0 saturated heterocycles. The summed E-state index contributed by atoms with van der Waals surface area (Å²) >= 11 is 9.32. The van der Waals surface area contributed by atoms with E-state index in [9.17, 15) is 5.11 Å². The lowest BCUT2D eigenvalue weighted by atomic mass is 9.64. The van der Waals surface area contributed by atoms with Crippen LogP contribution in [0.2, 0.25) is 5.02 Å². The number of aliphatic hydroxyl groups excluding tert-OH is 1. The Bertz CT molecular complexity index is 408. The van der Waals surface area contributed by atoms with Gasteiger partial charge in [-0.3, -0.25) is 0 Å². The predicted octanol–water partition coefficient (Wildman–Crippen LogP) is 3.67. The van der Waals surface area contributed by atoms with Gasteiger partial charge in [-0.1, -0.05) is 25.4 Å². The molecule has 0 aliphatic heterocycles. The Balaban J connectivity index is 2.08. The molecule has 0 aromatic heterocycles. The fourth-order valence-electron chi connectivity index (χ4n) is 1.93. The molecule has 2 rings (SSSR count). The molecule has 16 heavy (non-hydrogen) atoms. The van der Waals surface area contributed by atoms with Gasteiger partial charge in [0.25, 0.3) is 0 Å². The van der Waals surface area contributed by atoms with Crippen molar-refractivity contribution in [2.75, 3.05) is 5.32 Å². The van der Waals surface area contributed by atoms with E-state index in [4.69, 9.17) is 11.6 Å². The van der Waals surface area contributed by atoms with Crippen molar-refractivity contribution in [1.82, 2.24) is 0 Å². The fourth-order valence-corrected chi connectivity index (χ4v) is 2.43. The molecular weight excluding hydrogens is 289 g/mol. The van der Waals surface area contributed by atoms with E-state index in [1.54, 1.807) is 0 Å². The highest BCUT2D eigenvalue weighted by atomic mass is 79.9. The number of hydrogen-bond donors (Lipinski definition) is 2. The molecule has 0 bridgehead atoms. The molecule has 1 aliphatic carbocycles. The first kappa shape index (κ1) is 12.2. The average molecular weight is 305 g/mol. The molecule has 1 saturated carbocycles. The molecule has 1 aromatic carbocycles. The van der Waals surface area contributed by atoms with Gasteiger partial charge in [0.1, 0.15) is 0 Å². The van der Waals surface area contributed by atoms with E-state index in [-0.39, 0.29) is 11.5 Å². The van der Waals surface area contributed by atoms with E-state index in [2.05, 4.69) is 35.1 Å². The van der Waals surface area contributed by atoms with Crippen molar-refractivity contribution in [2.24, 2.45) is 5.41 Å². The zero-order valence-corrected chi connectivity index (χ0v) is 11.6. The minimum absolute atomic E-state index is 0.0634. The first-order valence-corrected chi connectivity index (χ1v) is 6.48. The summed E-state index contributed by atoms with van der Waals surface area (Å²) in [4.78, 5) is 0. The van der Waals surface area contributed by atoms with Crippen LogP contribution in [-0.2, 0) is 0 Å². The first-order valence-electron chi connectivity index (χ1n) is 5.31. The number of nitrogens with one attached hydrogen (secondary N) is 1. The SMILES string of the molecule is CC1(C)C(O)CC1Nc1ccc(Cl)c(Br)c1. The van der Waals surface area contributed by atoms with Crippen LogP contribution in [0, 0.1) is 5.41 Å². The third-order valence-corrected chi connectivity index (χ3v) is 4.69. The second-order valence-electron chi connectivity index (χ2n) is 4.90. The van der Waals surface area contributed by atoms with Crippen LogP contribution in [0.1, 0.15) is 20.3 Å². The van der Waals surface area contributed by atoms with Crippen LogP contribution in [0.3, 0.4) is 0 Å². The number of anilines is 1. The van der Waals surface area contributed by atoms with Crippen LogP contribution < -0.4 is 5.32 Å². The van der Waals surface area contributed by atoms with Crippen molar-refractivity contribution < 1.29 is 5.11 Å². The van der Waals surface area contributed by atoms with Crippen LogP contribution in [-0.4, -0.2) is 17.3 Å². The summed E-state index contributed by atoms with van der Waals surface area (Å²) in [5, 5.41) is 13.8. The first-order chi connectivity index (χ1) is 7.41. The van der Waals surface area contributed by atoms with Gasteiger partial charge < -0.3 is 10.4 Å². The van der Waals surface area contributed by atoms with Crippen molar-refractivity contribution >= 4 is 33.2 Å². The number of hydrogen-bond acceptors (Lipinski definition) is 2. The van der Waals surface area contributed by atoms with Crippen LogP contribution in [0.4, 0.5) is 5.69 Å². The van der Waals surface area contributed by atoms with Gasteiger partial charge in [-0.15, -0.1) is 0 Å². The molecule has 2 atom stereocenters. The van der Waals surface area contributed by atoms with Crippen molar-refractivity contribution in [3.05, 3.63) is 27.7 Å². The molecule has 1 aliphatic rings. The van der Waals surface area contributed by atoms with Crippen LogP contribution >= 0.6 is 27.5 Å². The smallest absolute Gasteiger partial charge is 0.0630 e. The molecule has 0 spiro atoms. The van der Waals surface area contributed by atoms with Gasteiger partial charge >= 0.3 is 0 Å². The minimum Gasteiger partial charge on any atom is -0.392 e. The van der Waals surface area contributed by atoms with Crippen LogP contribution in [0.5, 0.6) is 0 Å². The molecule has 1 fully saturated rings. The number of halogens is 2. The summed E-state index contributed by atoms with van der Waals surface area (Å²) in [6.45, 7) is 4.15. The molecular formula is C12H15BrClNO. The maximum absolute atomic E-state index is 9.65. The van der Waals surface area contributed by atoms with Crippen LogP contribution in [0.25, 0.3) is 0 Å². The van der Waals surface area contributed by atoms with Crippen molar-refractivity contribution in [3.8, 4) is 0 Å². The number of rotatable bonds is 2. The zero-order valence-electron chi connectivity index (χ0n) is 9.30. The van der Waals surface area contributed by atoms with Crippen molar-refractivity contribution in [2.45, 2.75) is 32.4 Å². The van der Waals surface area contributed by atoms with Gasteiger partial charge in [-0.25, -0.2) is 0 Å². The van der Waals surface area contributed by atoms with Gasteiger partial charge in [0.2, 0.25) is 0 Å². The molecule has 2 N–H and O–H groups in total. The normalized spacial score (nSPS) is 27.3. The Morgan fingerprint density at radius 1 is 1.50 bits per heavy atom. The standard InChI is InChI=1S/C12H15BrClNO/c1-12(2)10(6-11(12)16)15-7-3-4-9(14)8(13)5-7/h3-5,10-11,15-16H,6H2,1-2H3. The summed E-state index contributed by atoms with van der Waals surface area (Å²) in [6.07, 6.45) is 0.591. The molecule has 4 heteroatoms. The summed E-state index contributed by atoms with van der Waals surface area (Å²) < 4.78 is 0.886. The Hall–Kier alpha value is -0.250. The third kappa shape index (κ3) is 2.08. The average Bonchev–Trinajstić information content (AvgIpc) is 2.23. The van der Waals surface area contributed by atoms with E-state index >= 15 is 0 Å². The molecule has 0 heterocycles. The van der Waals surface area contributed by atoms with Gasteiger partial charge in [-0.05, 0) is 40.5 Å². The minimum atomic E-state index is -0.208. The highest BCUT2D eigenvalue weighted by Crippen LogP contribution is 2.42. The lowest BCUT2D eigenvalue weighted by molar-refractivity contribution is -0.0510. The van der Waals surface area contributed by atoms with Crippen LogP contribution in [0.15, 0.2) is 22.7 Å². The topological polar surface area (TPSA) is 32.3 Å². The fraction of sp³-hybridized carbons (Fsp3) is 0.500. The van der Waals surface area contributed by atoms with Gasteiger partial charge in [0, 0.05) is 21.6 Å². The Kier molecular flexibility index (Phi) is 3.21. The molecule has 2 unspecified atom stereocenters. The number of aliphatic hydroxyl groups is 1. The van der Waals surface area contributed by atoms with Gasteiger partial charge in [-0.2, -0.15) is 0 Å². The highest BCUT2D eigenvalue weighted by molar-refractivity contribution is 9.10. The second kappa shape index (κ2) is 4.21. The second-order valence-corrected chi connectivity index (χ2v) is 6.16. The van der Waals surface area contributed by atoms with E-state index in [0.29, 0.717) is 11.1 Å². The Labute approximate surface area is 109 Å². The number of benzene rings is 1.